The summed E-state index contributed by atoms with van der Waals surface area (Å²) in [5.41, 5.74) is 0.464. The molecule has 130 valence electrons. The Hall–Kier alpha value is -2.28. The first-order valence-electron chi connectivity index (χ1n) is 7.37. The van der Waals surface area contributed by atoms with Crippen LogP contribution in [0, 0.1) is 11.6 Å². The molecule has 0 bridgehead atoms. The van der Waals surface area contributed by atoms with Crippen LogP contribution in [-0.4, -0.2) is 9.97 Å². The third kappa shape index (κ3) is 2.80. The van der Waals surface area contributed by atoms with E-state index in [0.29, 0.717) is 31.4 Å². The molecule has 0 aliphatic heterocycles. The monoisotopic (exact) mass is 408 g/mol. The summed E-state index contributed by atoms with van der Waals surface area (Å²) in [7, 11) is 0. The molecule has 0 aliphatic rings. The van der Waals surface area contributed by atoms with Crippen LogP contribution in [0.5, 0.6) is 0 Å². The van der Waals surface area contributed by atoms with Gasteiger partial charge in [-0.25, -0.2) is 13.8 Å². The normalized spacial score (nSPS) is 11.2. The van der Waals surface area contributed by atoms with Crippen LogP contribution in [0.25, 0.3) is 32.7 Å². The van der Waals surface area contributed by atoms with Gasteiger partial charge in [0.1, 0.15) is 22.3 Å². The van der Waals surface area contributed by atoms with Crippen LogP contribution >= 0.6 is 34.5 Å². The summed E-state index contributed by atoms with van der Waals surface area (Å²) in [5, 5.41) is 2.83. The fraction of sp³-hybridized carbons (Fsp3) is 0. The Bertz CT molecular complexity index is 1200. The van der Waals surface area contributed by atoms with Gasteiger partial charge in [0.25, 0.3) is 5.56 Å². The van der Waals surface area contributed by atoms with E-state index in [0.717, 1.165) is 12.1 Å². The van der Waals surface area contributed by atoms with Crippen LogP contribution in [-0.2, 0) is 0 Å². The molecule has 4 rings (SSSR count). The molecule has 8 heteroatoms. The molecule has 2 aromatic heterocycles. The molecule has 0 atom stereocenters. The summed E-state index contributed by atoms with van der Waals surface area (Å²) in [5.74, 6) is -1.75. The fourth-order valence-corrected chi connectivity index (χ4v) is 3.91. The molecule has 4 aromatic rings. The lowest BCUT2D eigenvalue weighted by atomic mass is 10.1. The molecule has 0 saturated carbocycles. The summed E-state index contributed by atoms with van der Waals surface area (Å²) < 4.78 is 28.0. The Labute approximate surface area is 159 Å². The van der Waals surface area contributed by atoms with Crippen molar-refractivity contribution in [3.63, 3.8) is 0 Å². The van der Waals surface area contributed by atoms with Crippen LogP contribution in [0.3, 0.4) is 0 Å². The van der Waals surface area contributed by atoms with E-state index in [-0.39, 0.29) is 11.4 Å². The van der Waals surface area contributed by atoms with E-state index in [2.05, 4.69) is 9.97 Å². The predicted octanol–water partition coefficient (Wildman–Crippen LogP) is 5.90. The average Bonchev–Trinajstić information content (AvgIpc) is 3.02. The highest BCUT2D eigenvalue weighted by Gasteiger charge is 2.18. The number of fused-ring (bicyclic) bond motifs is 1. The lowest BCUT2D eigenvalue weighted by molar-refractivity contribution is 0.587. The lowest BCUT2D eigenvalue weighted by Crippen LogP contribution is -2.10. The number of nitrogens with zero attached hydrogens (tertiary/aromatic N) is 1. The van der Waals surface area contributed by atoms with Crippen molar-refractivity contribution in [2.24, 2.45) is 0 Å². The van der Waals surface area contributed by atoms with Gasteiger partial charge in [0.15, 0.2) is 0 Å². The topological polar surface area (TPSA) is 45.8 Å². The second-order valence-corrected chi connectivity index (χ2v) is 7.14. The van der Waals surface area contributed by atoms with Crippen molar-refractivity contribution >= 4 is 44.8 Å². The predicted molar refractivity (Wildman–Crippen MR) is 101 cm³/mol. The molecule has 2 aromatic carbocycles. The van der Waals surface area contributed by atoms with Crippen molar-refractivity contribution in [2.75, 3.05) is 0 Å². The van der Waals surface area contributed by atoms with Crippen LogP contribution in [0.2, 0.25) is 10.0 Å². The standard InChI is InChI=1S/C18H8Cl2F2N2OS/c19-10-5-4-8(6-11(10)20)9-7-26-18-14(9)17(25)23-16(24-18)15-12(21)2-1-3-13(15)22/h1-7H,(H,23,24,25). The highest BCUT2D eigenvalue weighted by molar-refractivity contribution is 7.17. The van der Waals surface area contributed by atoms with Gasteiger partial charge in [-0.05, 0) is 29.8 Å². The molecule has 0 radical (unpaired) electrons. The number of hydrogen-bond acceptors (Lipinski definition) is 3. The lowest BCUT2D eigenvalue weighted by Gasteiger charge is -2.05. The second-order valence-electron chi connectivity index (χ2n) is 5.47. The molecule has 0 spiro atoms. The van der Waals surface area contributed by atoms with E-state index < -0.39 is 17.2 Å². The van der Waals surface area contributed by atoms with E-state index in [1.165, 1.54) is 17.4 Å². The molecule has 0 fully saturated rings. The number of aromatic nitrogens is 2. The molecule has 1 N–H and O–H groups in total. The maximum atomic E-state index is 14.0. The molecule has 0 aliphatic carbocycles. The fourth-order valence-electron chi connectivity index (χ4n) is 2.67. The van der Waals surface area contributed by atoms with Gasteiger partial charge in [-0.3, -0.25) is 4.79 Å². The van der Waals surface area contributed by atoms with E-state index in [9.17, 15) is 13.6 Å². The van der Waals surface area contributed by atoms with Crippen LogP contribution in [0.15, 0.2) is 46.6 Å². The Morgan fingerprint density at radius 1 is 1.04 bits per heavy atom. The molecule has 2 heterocycles. The number of thiophene rings is 1. The Balaban J connectivity index is 1.94. The Morgan fingerprint density at radius 2 is 1.77 bits per heavy atom. The number of hydrogen-bond donors (Lipinski definition) is 1. The molecule has 0 amide bonds. The quantitative estimate of drug-likeness (QED) is 0.448. The maximum absolute atomic E-state index is 14.0. The first kappa shape index (κ1) is 17.1. The zero-order valence-electron chi connectivity index (χ0n) is 12.8. The second kappa shape index (κ2) is 6.46. The molecule has 26 heavy (non-hydrogen) atoms. The van der Waals surface area contributed by atoms with Crippen molar-refractivity contribution in [3.05, 3.63) is 73.8 Å². The van der Waals surface area contributed by atoms with Gasteiger partial charge in [-0.1, -0.05) is 35.3 Å². The van der Waals surface area contributed by atoms with Crippen LogP contribution < -0.4 is 5.56 Å². The third-order valence-electron chi connectivity index (χ3n) is 3.87. The highest BCUT2D eigenvalue weighted by Crippen LogP contribution is 2.35. The molecule has 0 unspecified atom stereocenters. The summed E-state index contributed by atoms with van der Waals surface area (Å²) in [6.45, 7) is 0. The first-order valence-corrected chi connectivity index (χ1v) is 9.00. The van der Waals surface area contributed by atoms with Crippen molar-refractivity contribution in [1.29, 1.82) is 0 Å². The number of halogens is 4. The van der Waals surface area contributed by atoms with Crippen LogP contribution in [0.4, 0.5) is 8.78 Å². The van der Waals surface area contributed by atoms with E-state index in [1.807, 2.05) is 0 Å². The van der Waals surface area contributed by atoms with Crippen molar-refractivity contribution < 1.29 is 8.78 Å². The zero-order chi connectivity index (χ0) is 18.4. The minimum atomic E-state index is -0.797. The van der Waals surface area contributed by atoms with Gasteiger partial charge in [0.05, 0.1) is 21.0 Å². The Kier molecular flexibility index (Phi) is 4.26. The van der Waals surface area contributed by atoms with Gasteiger partial charge >= 0.3 is 0 Å². The maximum Gasteiger partial charge on any atom is 0.260 e. The minimum absolute atomic E-state index is 0.152. The smallest absolute Gasteiger partial charge is 0.260 e. The van der Waals surface area contributed by atoms with Gasteiger partial charge in [0, 0.05) is 10.9 Å². The number of H-pyrrole nitrogens is 1. The van der Waals surface area contributed by atoms with Crippen molar-refractivity contribution in [1.82, 2.24) is 9.97 Å². The minimum Gasteiger partial charge on any atom is -0.306 e. The van der Waals surface area contributed by atoms with Gasteiger partial charge < -0.3 is 4.98 Å². The SMILES string of the molecule is O=c1[nH]c(-c2c(F)cccc2F)nc2scc(-c3ccc(Cl)c(Cl)c3)c12. The van der Waals surface area contributed by atoms with Crippen LogP contribution in [0.1, 0.15) is 0 Å². The summed E-state index contributed by atoms with van der Waals surface area (Å²) in [4.78, 5) is 19.7. The number of benzene rings is 2. The number of aromatic amines is 1. The third-order valence-corrected chi connectivity index (χ3v) is 5.49. The molecule has 3 nitrogen and oxygen atoms in total. The molecular formula is C18H8Cl2F2N2OS. The summed E-state index contributed by atoms with van der Waals surface area (Å²) >= 11 is 13.2. The largest absolute Gasteiger partial charge is 0.306 e. The summed E-state index contributed by atoms with van der Waals surface area (Å²) in [6.07, 6.45) is 0. The molecular weight excluding hydrogens is 401 g/mol. The van der Waals surface area contributed by atoms with Gasteiger partial charge in [0.2, 0.25) is 0 Å². The van der Waals surface area contributed by atoms with Gasteiger partial charge in [-0.15, -0.1) is 11.3 Å². The van der Waals surface area contributed by atoms with Crippen molar-refractivity contribution in [3.8, 4) is 22.5 Å². The number of nitrogens with one attached hydrogen (secondary N) is 1. The van der Waals surface area contributed by atoms with Crippen molar-refractivity contribution in [2.45, 2.75) is 0 Å². The number of rotatable bonds is 2. The average molecular weight is 409 g/mol. The van der Waals surface area contributed by atoms with Gasteiger partial charge in [-0.2, -0.15) is 0 Å². The summed E-state index contributed by atoms with van der Waals surface area (Å²) in [6, 6.07) is 8.48. The zero-order valence-corrected chi connectivity index (χ0v) is 15.1. The first-order chi connectivity index (χ1) is 12.5. The van der Waals surface area contributed by atoms with E-state index >= 15 is 0 Å². The highest BCUT2D eigenvalue weighted by atomic mass is 35.5. The van der Waals surface area contributed by atoms with E-state index in [1.54, 1.807) is 23.6 Å². The van der Waals surface area contributed by atoms with E-state index in [4.69, 9.17) is 23.2 Å². The Morgan fingerprint density at radius 3 is 2.46 bits per heavy atom. The molecule has 0 saturated heterocycles.